The van der Waals surface area contributed by atoms with Crippen LogP contribution in [0.3, 0.4) is 0 Å². The monoisotopic (exact) mass is 292 g/mol. The first-order valence-electron chi connectivity index (χ1n) is 6.63. The van der Waals surface area contributed by atoms with Crippen molar-refractivity contribution in [1.29, 1.82) is 5.26 Å². The van der Waals surface area contributed by atoms with Crippen LogP contribution in [-0.2, 0) is 0 Å². The highest BCUT2D eigenvalue weighted by atomic mass is 16.5. The van der Waals surface area contributed by atoms with E-state index in [0.717, 1.165) is 11.1 Å². The average Bonchev–Trinajstić information content (AvgIpc) is 2.93. The maximum Gasteiger partial charge on any atom is 0.266 e. The maximum atomic E-state index is 11.8. The van der Waals surface area contributed by atoms with Crippen molar-refractivity contribution in [2.24, 2.45) is 0 Å². The van der Waals surface area contributed by atoms with E-state index in [1.165, 1.54) is 0 Å². The summed E-state index contributed by atoms with van der Waals surface area (Å²) in [4.78, 5) is 18.6. The number of pyridine rings is 1. The molecular formula is C16H12N4O2. The smallest absolute Gasteiger partial charge is 0.266 e. The van der Waals surface area contributed by atoms with Gasteiger partial charge in [0.05, 0.1) is 0 Å². The van der Waals surface area contributed by atoms with Gasteiger partial charge in [-0.25, -0.2) is 0 Å². The first kappa shape index (κ1) is 13.8. The topological polar surface area (TPSA) is 95.6 Å². The third kappa shape index (κ3) is 2.40. The lowest BCUT2D eigenvalue weighted by atomic mass is 10.00. The molecule has 3 rings (SSSR count). The molecule has 0 spiro atoms. The number of hydrogen-bond donors (Lipinski definition) is 1. The largest absolute Gasteiger partial charge is 0.339 e. The fraction of sp³-hybridized carbons (Fsp3) is 0.125. The number of nitrogens with zero attached hydrogens (tertiary/aromatic N) is 3. The van der Waals surface area contributed by atoms with Crippen molar-refractivity contribution in [3.05, 3.63) is 57.8 Å². The molecule has 108 valence electrons. The van der Waals surface area contributed by atoms with Crippen molar-refractivity contribution in [3.8, 4) is 28.6 Å². The fourth-order valence-corrected chi connectivity index (χ4v) is 2.24. The molecule has 6 nitrogen and oxygen atoms in total. The highest BCUT2D eigenvalue weighted by molar-refractivity contribution is 5.72. The van der Waals surface area contributed by atoms with Crippen LogP contribution in [0.5, 0.6) is 0 Å². The van der Waals surface area contributed by atoms with Crippen molar-refractivity contribution in [3.63, 3.8) is 0 Å². The van der Waals surface area contributed by atoms with Gasteiger partial charge in [-0.1, -0.05) is 29.4 Å². The Morgan fingerprint density at radius 2 is 1.86 bits per heavy atom. The second-order valence-corrected chi connectivity index (χ2v) is 4.90. The Morgan fingerprint density at radius 1 is 1.18 bits per heavy atom. The second kappa shape index (κ2) is 5.30. The molecule has 2 heterocycles. The number of rotatable bonds is 2. The summed E-state index contributed by atoms with van der Waals surface area (Å²) in [6.07, 6.45) is 0. The predicted molar refractivity (Wildman–Crippen MR) is 80.0 cm³/mol. The van der Waals surface area contributed by atoms with Gasteiger partial charge in [0.15, 0.2) is 0 Å². The Balaban J connectivity index is 2.08. The van der Waals surface area contributed by atoms with Crippen molar-refractivity contribution < 1.29 is 4.52 Å². The van der Waals surface area contributed by atoms with E-state index in [4.69, 9.17) is 4.52 Å². The summed E-state index contributed by atoms with van der Waals surface area (Å²) in [5.74, 6) is 1.00. The van der Waals surface area contributed by atoms with E-state index in [9.17, 15) is 10.1 Å². The Kier molecular flexibility index (Phi) is 3.31. The molecule has 0 aliphatic rings. The number of aryl methyl sites for hydroxylation is 2. The minimum atomic E-state index is -0.379. The molecule has 22 heavy (non-hydrogen) atoms. The van der Waals surface area contributed by atoms with Gasteiger partial charge in [-0.05, 0) is 18.6 Å². The molecule has 0 aliphatic heterocycles. The molecule has 0 bridgehead atoms. The molecule has 0 aliphatic carbocycles. The minimum absolute atomic E-state index is 0.105. The molecule has 1 N–H and O–H groups in total. The lowest BCUT2D eigenvalue weighted by Crippen LogP contribution is -2.12. The number of hydrogen-bond acceptors (Lipinski definition) is 5. The van der Waals surface area contributed by atoms with E-state index < -0.39 is 0 Å². The standard InChI is InChI=1S/C16H12N4O2/c1-9-7-13(14(8-17)16(21)18-9)11-3-5-12(6-4-11)15-19-10(2)22-20-15/h3-7H,1-2H3,(H,18,21). The summed E-state index contributed by atoms with van der Waals surface area (Å²) in [7, 11) is 0. The van der Waals surface area contributed by atoms with E-state index >= 15 is 0 Å². The number of H-pyrrole nitrogens is 1. The van der Waals surface area contributed by atoms with E-state index in [1.807, 2.05) is 30.3 Å². The molecule has 3 aromatic rings. The molecule has 1 aromatic carbocycles. The highest BCUT2D eigenvalue weighted by Crippen LogP contribution is 2.25. The summed E-state index contributed by atoms with van der Waals surface area (Å²) < 4.78 is 4.95. The molecule has 0 radical (unpaired) electrons. The van der Waals surface area contributed by atoms with E-state index in [0.29, 0.717) is 23.0 Å². The summed E-state index contributed by atoms with van der Waals surface area (Å²) in [6.45, 7) is 3.51. The molecule has 0 unspecified atom stereocenters. The SMILES string of the molecule is Cc1cc(-c2ccc(-c3noc(C)n3)cc2)c(C#N)c(=O)[nH]1. The van der Waals surface area contributed by atoms with Gasteiger partial charge in [-0.3, -0.25) is 4.79 Å². The zero-order chi connectivity index (χ0) is 15.7. The second-order valence-electron chi connectivity index (χ2n) is 4.90. The zero-order valence-electron chi connectivity index (χ0n) is 12.0. The lowest BCUT2D eigenvalue weighted by Gasteiger charge is -2.06. The Labute approximate surface area is 126 Å². The maximum absolute atomic E-state index is 11.8. The number of aromatic nitrogens is 3. The quantitative estimate of drug-likeness (QED) is 0.783. The van der Waals surface area contributed by atoms with Gasteiger partial charge >= 0.3 is 0 Å². The van der Waals surface area contributed by atoms with Gasteiger partial charge in [-0.2, -0.15) is 10.2 Å². The minimum Gasteiger partial charge on any atom is -0.339 e. The Morgan fingerprint density at radius 3 is 2.45 bits per heavy atom. The van der Waals surface area contributed by atoms with E-state index in [-0.39, 0.29) is 11.1 Å². The third-order valence-corrected chi connectivity index (χ3v) is 3.26. The van der Waals surface area contributed by atoms with Crippen LogP contribution in [0, 0.1) is 25.2 Å². The summed E-state index contributed by atoms with van der Waals surface area (Å²) in [6, 6.07) is 11.1. The summed E-state index contributed by atoms with van der Waals surface area (Å²) in [5.41, 5.74) is 2.64. The zero-order valence-corrected chi connectivity index (χ0v) is 12.0. The van der Waals surface area contributed by atoms with Crippen LogP contribution in [0.2, 0.25) is 0 Å². The van der Waals surface area contributed by atoms with Crippen LogP contribution < -0.4 is 5.56 Å². The van der Waals surface area contributed by atoms with Gasteiger partial charge in [-0.15, -0.1) is 0 Å². The van der Waals surface area contributed by atoms with Crippen LogP contribution in [0.4, 0.5) is 0 Å². The van der Waals surface area contributed by atoms with Crippen molar-refractivity contribution in [1.82, 2.24) is 15.1 Å². The molecule has 0 fully saturated rings. The summed E-state index contributed by atoms with van der Waals surface area (Å²) >= 11 is 0. The molecular weight excluding hydrogens is 280 g/mol. The molecule has 0 saturated heterocycles. The van der Waals surface area contributed by atoms with E-state index in [2.05, 4.69) is 15.1 Å². The van der Waals surface area contributed by atoms with Gasteiger partial charge in [0, 0.05) is 23.7 Å². The molecule has 0 saturated carbocycles. The predicted octanol–water partition coefficient (Wildman–Crippen LogP) is 2.58. The Hall–Kier alpha value is -3.20. The highest BCUT2D eigenvalue weighted by Gasteiger charge is 2.11. The van der Waals surface area contributed by atoms with E-state index in [1.54, 1.807) is 19.9 Å². The molecule has 2 aromatic heterocycles. The van der Waals surface area contributed by atoms with Crippen molar-refractivity contribution >= 4 is 0 Å². The lowest BCUT2D eigenvalue weighted by molar-refractivity contribution is 0.394. The van der Waals surface area contributed by atoms with Gasteiger partial charge in [0.1, 0.15) is 11.6 Å². The molecule has 0 amide bonds. The van der Waals surface area contributed by atoms with Crippen molar-refractivity contribution in [2.75, 3.05) is 0 Å². The first-order chi connectivity index (χ1) is 10.6. The summed E-state index contributed by atoms with van der Waals surface area (Å²) in [5, 5.41) is 13.0. The van der Waals surface area contributed by atoms with Crippen molar-refractivity contribution in [2.45, 2.75) is 13.8 Å². The number of nitrogens with one attached hydrogen (secondary N) is 1. The molecule has 6 heteroatoms. The van der Waals surface area contributed by atoms with Gasteiger partial charge in [0.25, 0.3) is 5.56 Å². The van der Waals surface area contributed by atoms with Crippen LogP contribution >= 0.6 is 0 Å². The van der Waals surface area contributed by atoms with Crippen LogP contribution in [0.1, 0.15) is 17.1 Å². The average molecular weight is 292 g/mol. The van der Waals surface area contributed by atoms with Crippen LogP contribution in [-0.4, -0.2) is 15.1 Å². The van der Waals surface area contributed by atoms with Crippen LogP contribution in [0.15, 0.2) is 39.6 Å². The first-order valence-corrected chi connectivity index (χ1v) is 6.63. The number of aromatic amines is 1. The fourth-order valence-electron chi connectivity index (χ4n) is 2.24. The van der Waals surface area contributed by atoms with Gasteiger partial charge < -0.3 is 9.51 Å². The third-order valence-electron chi connectivity index (χ3n) is 3.26. The Bertz CT molecular complexity index is 930. The van der Waals surface area contributed by atoms with Gasteiger partial charge in [0.2, 0.25) is 11.7 Å². The normalized spacial score (nSPS) is 10.4. The number of benzene rings is 1. The molecule has 0 atom stereocenters. The number of nitriles is 1. The van der Waals surface area contributed by atoms with Crippen LogP contribution in [0.25, 0.3) is 22.5 Å².